The predicted octanol–water partition coefficient (Wildman–Crippen LogP) is 3.17. The molecule has 0 spiro atoms. The topological polar surface area (TPSA) is 52.6 Å². The second-order valence-electron chi connectivity index (χ2n) is 6.24. The number of rotatable bonds is 5. The lowest BCUT2D eigenvalue weighted by Crippen LogP contribution is -2.35. The summed E-state index contributed by atoms with van der Waals surface area (Å²) in [6.07, 6.45) is 2.32. The van der Waals surface area contributed by atoms with Gasteiger partial charge < -0.3 is 9.47 Å². The average molecular weight is 304 g/mol. The Labute approximate surface area is 131 Å². The van der Waals surface area contributed by atoms with E-state index in [2.05, 4.69) is 0 Å². The molecule has 2 rings (SSSR count). The van der Waals surface area contributed by atoms with Crippen molar-refractivity contribution < 1.29 is 19.1 Å². The number of hydrogen-bond donors (Lipinski definition) is 0. The summed E-state index contributed by atoms with van der Waals surface area (Å²) in [6.45, 7) is 3.56. The number of methoxy groups -OCH3 is 1. The summed E-state index contributed by atoms with van der Waals surface area (Å²) in [5.74, 6) is 0.778. The van der Waals surface area contributed by atoms with Crippen LogP contribution < -0.4 is 4.74 Å². The zero-order valence-electron chi connectivity index (χ0n) is 13.5. The number of benzene rings is 1. The Morgan fingerprint density at radius 3 is 2.55 bits per heavy atom. The summed E-state index contributed by atoms with van der Waals surface area (Å²) in [7, 11) is 1.65. The molecule has 4 heteroatoms. The van der Waals surface area contributed by atoms with Crippen LogP contribution in [-0.4, -0.2) is 25.0 Å². The van der Waals surface area contributed by atoms with E-state index in [4.69, 9.17) is 9.47 Å². The SMILES string of the molecule is COc1ccc(CC2CCC(=O)C(OC(=O)C(C)C)C2)cc1. The molecule has 1 fully saturated rings. The number of esters is 1. The quantitative estimate of drug-likeness (QED) is 0.784. The third-order valence-electron chi connectivity index (χ3n) is 4.12. The van der Waals surface area contributed by atoms with Crippen molar-refractivity contribution in [3.05, 3.63) is 29.8 Å². The molecule has 1 aliphatic carbocycles. The molecule has 0 aliphatic heterocycles. The molecule has 2 unspecified atom stereocenters. The van der Waals surface area contributed by atoms with E-state index >= 15 is 0 Å². The molecular weight excluding hydrogens is 280 g/mol. The summed E-state index contributed by atoms with van der Waals surface area (Å²) >= 11 is 0. The van der Waals surface area contributed by atoms with Crippen LogP contribution in [0.3, 0.4) is 0 Å². The highest BCUT2D eigenvalue weighted by molar-refractivity contribution is 5.86. The fourth-order valence-electron chi connectivity index (χ4n) is 2.73. The van der Waals surface area contributed by atoms with Crippen LogP contribution in [0.25, 0.3) is 0 Å². The average Bonchev–Trinajstić information content (AvgIpc) is 2.51. The Kier molecular flexibility index (Phi) is 5.58. The highest BCUT2D eigenvalue weighted by atomic mass is 16.5. The van der Waals surface area contributed by atoms with Gasteiger partial charge in [-0.1, -0.05) is 26.0 Å². The smallest absolute Gasteiger partial charge is 0.309 e. The van der Waals surface area contributed by atoms with Gasteiger partial charge in [0.05, 0.1) is 13.0 Å². The van der Waals surface area contributed by atoms with Gasteiger partial charge in [-0.3, -0.25) is 9.59 Å². The van der Waals surface area contributed by atoms with E-state index < -0.39 is 6.10 Å². The van der Waals surface area contributed by atoms with E-state index in [9.17, 15) is 9.59 Å². The fourth-order valence-corrected chi connectivity index (χ4v) is 2.73. The maximum atomic E-state index is 11.9. The first-order valence-electron chi connectivity index (χ1n) is 7.85. The van der Waals surface area contributed by atoms with E-state index in [-0.39, 0.29) is 17.7 Å². The van der Waals surface area contributed by atoms with Gasteiger partial charge in [0.25, 0.3) is 0 Å². The standard InChI is InChI=1S/C18H24O4/c1-12(2)18(20)22-17-11-14(6-9-16(17)19)10-13-4-7-15(21-3)8-5-13/h4-5,7-8,12,14,17H,6,9-11H2,1-3H3. The molecule has 0 N–H and O–H groups in total. The van der Waals surface area contributed by atoms with Crippen LogP contribution in [0.4, 0.5) is 0 Å². The zero-order chi connectivity index (χ0) is 16.1. The number of ether oxygens (including phenoxy) is 2. The fraction of sp³-hybridized carbons (Fsp3) is 0.556. The molecule has 1 aliphatic rings. The van der Waals surface area contributed by atoms with E-state index in [1.54, 1.807) is 21.0 Å². The van der Waals surface area contributed by atoms with Crippen molar-refractivity contribution in [2.75, 3.05) is 7.11 Å². The van der Waals surface area contributed by atoms with Crippen molar-refractivity contribution in [2.24, 2.45) is 11.8 Å². The third kappa shape index (κ3) is 4.33. The van der Waals surface area contributed by atoms with E-state index in [0.717, 1.165) is 18.6 Å². The lowest BCUT2D eigenvalue weighted by atomic mass is 9.82. The molecule has 1 saturated carbocycles. The first-order chi connectivity index (χ1) is 10.5. The van der Waals surface area contributed by atoms with Crippen molar-refractivity contribution in [1.82, 2.24) is 0 Å². The third-order valence-corrected chi connectivity index (χ3v) is 4.12. The van der Waals surface area contributed by atoms with Gasteiger partial charge in [-0.15, -0.1) is 0 Å². The summed E-state index contributed by atoms with van der Waals surface area (Å²) in [5, 5.41) is 0. The maximum Gasteiger partial charge on any atom is 0.309 e. The molecule has 0 aromatic heterocycles. The van der Waals surface area contributed by atoms with Crippen LogP contribution >= 0.6 is 0 Å². The Hall–Kier alpha value is -1.84. The van der Waals surface area contributed by atoms with Crippen LogP contribution in [0.2, 0.25) is 0 Å². The summed E-state index contributed by atoms with van der Waals surface area (Å²) in [6, 6.07) is 7.98. The minimum atomic E-state index is -0.563. The van der Waals surface area contributed by atoms with E-state index in [1.807, 2.05) is 24.3 Å². The highest BCUT2D eigenvalue weighted by Crippen LogP contribution is 2.28. The molecule has 0 saturated heterocycles. The number of hydrogen-bond acceptors (Lipinski definition) is 4. The van der Waals surface area contributed by atoms with Gasteiger partial charge >= 0.3 is 5.97 Å². The molecule has 120 valence electrons. The van der Waals surface area contributed by atoms with Crippen LogP contribution in [-0.2, 0) is 20.7 Å². The van der Waals surface area contributed by atoms with Crippen molar-refractivity contribution in [3.8, 4) is 5.75 Å². The first kappa shape index (κ1) is 16.5. The molecule has 2 atom stereocenters. The Balaban J connectivity index is 1.94. The van der Waals surface area contributed by atoms with Crippen LogP contribution in [0.5, 0.6) is 5.75 Å². The first-order valence-corrected chi connectivity index (χ1v) is 7.85. The second-order valence-corrected chi connectivity index (χ2v) is 6.24. The van der Waals surface area contributed by atoms with Crippen molar-refractivity contribution in [1.29, 1.82) is 0 Å². The van der Waals surface area contributed by atoms with Gasteiger partial charge in [-0.05, 0) is 42.9 Å². The molecule has 0 heterocycles. The van der Waals surface area contributed by atoms with Crippen molar-refractivity contribution in [2.45, 2.75) is 45.6 Å². The Morgan fingerprint density at radius 1 is 1.27 bits per heavy atom. The lowest BCUT2D eigenvalue weighted by Gasteiger charge is -2.28. The van der Waals surface area contributed by atoms with Gasteiger partial charge in [-0.25, -0.2) is 0 Å². The van der Waals surface area contributed by atoms with E-state index in [0.29, 0.717) is 18.8 Å². The molecule has 0 amide bonds. The van der Waals surface area contributed by atoms with Gasteiger partial charge in [0, 0.05) is 6.42 Å². The molecule has 4 nitrogen and oxygen atoms in total. The molecule has 0 radical (unpaired) electrons. The molecular formula is C18H24O4. The minimum absolute atomic E-state index is 0.0555. The van der Waals surface area contributed by atoms with Gasteiger partial charge in [-0.2, -0.15) is 0 Å². The summed E-state index contributed by atoms with van der Waals surface area (Å²) in [4.78, 5) is 23.6. The number of carbonyl (C=O) groups excluding carboxylic acids is 2. The molecule has 0 bridgehead atoms. The van der Waals surface area contributed by atoms with Crippen LogP contribution in [0.15, 0.2) is 24.3 Å². The predicted molar refractivity (Wildman–Crippen MR) is 83.8 cm³/mol. The number of Topliss-reactive ketones (excluding diaryl/α,β-unsaturated/α-hetero) is 1. The molecule has 22 heavy (non-hydrogen) atoms. The van der Waals surface area contributed by atoms with Crippen LogP contribution in [0.1, 0.15) is 38.7 Å². The number of carbonyl (C=O) groups is 2. The zero-order valence-corrected chi connectivity index (χ0v) is 13.5. The molecule has 1 aromatic carbocycles. The summed E-state index contributed by atoms with van der Waals surface area (Å²) in [5.41, 5.74) is 1.22. The largest absolute Gasteiger partial charge is 0.497 e. The Morgan fingerprint density at radius 2 is 1.95 bits per heavy atom. The monoisotopic (exact) mass is 304 g/mol. The highest BCUT2D eigenvalue weighted by Gasteiger charge is 2.32. The van der Waals surface area contributed by atoms with Crippen molar-refractivity contribution >= 4 is 11.8 Å². The van der Waals surface area contributed by atoms with Gasteiger partial charge in [0.1, 0.15) is 5.75 Å². The number of ketones is 1. The second kappa shape index (κ2) is 7.43. The summed E-state index contributed by atoms with van der Waals surface area (Å²) < 4.78 is 10.5. The van der Waals surface area contributed by atoms with Gasteiger partial charge in [0.2, 0.25) is 0 Å². The maximum absolute atomic E-state index is 11.9. The lowest BCUT2D eigenvalue weighted by molar-refractivity contribution is -0.160. The van der Waals surface area contributed by atoms with Crippen LogP contribution in [0, 0.1) is 11.8 Å². The van der Waals surface area contributed by atoms with E-state index in [1.165, 1.54) is 5.56 Å². The normalized spacial score (nSPS) is 21.7. The molecule has 1 aromatic rings. The Bertz CT molecular complexity index is 518. The minimum Gasteiger partial charge on any atom is -0.497 e. The van der Waals surface area contributed by atoms with Crippen molar-refractivity contribution in [3.63, 3.8) is 0 Å². The van der Waals surface area contributed by atoms with Gasteiger partial charge in [0.15, 0.2) is 11.9 Å².